The Labute approximate surface area is 88.5 Å². The van der Waals surface area contributed by atoms with Gasteiger partial charge in [-0.2, -0.15) is 5.26 Å². The van der Waals surface area contributed by atoms with Crippen LogP contribution in [-0.4, -0.2) is 0 Å². The van der Waals surface area contributed by atoms with E-state index in [1.54, 1.807) is 24.3 Å². The zero-order valence-corrected chi connectivity index (χ0v) is 8.31. The van der Waals surface area contributed by atoms with E-state index in [4.69, 9.17) is 11.0 Å². The number of alkyl halides is 2. The van der Waals surface area contributed by atoms with Gasteiger partial charge in [-0.05, 0) is 18.2 Å². The fourth-order valence-electron chi connectivity index (χ4n) is 1.40. The molecule has 0 radical (unpaired) electrons. The molecule has 0 saturated carbocycles. The molecule has 0 aliphatic rings. The number of hydrogen-bond acceptors (Lipinski definition) is 3. The van der Waals surface area contributed by atoms with Crippen molar-refractivity contribution in [2.24, 2.45) is 0 Å². The zero-order valence-electron chi connectivity index (χ0n) is 7.50. The maximum atomic E-state index is 12.6. The third-order valence-electron chi connectivity index (χ3n) is 2.05. The van der Waals surface area contributed by atoms with Gasteiger partial charge in [-0.1, -0.05) is 0 Å². The fraction of sp³-hybridized carbons (Fsp3) is 0.100. The van der Waals surface area contributed by atoms with E-state index >= 15 is 0 Å². The number of rotatable bonds is 1. The predicted molar refractivity (Wildman–Crippen MR) is 55.9 cm³/mol. The average molecular weight is 224 g/mol. The molecule has 0 amide bonds. The summed E-state index contributed by atoms with van der Waals surface area (Å²) >= 11 is 0.937. The molecule has 0 saturated heterocycles. The third-order valence-corrected chi connectivity index (χ3v) is 3.23. The van der Waals surface area contributed by atoms with Gasteiger partial charge in [-0.25, -0.2) is 8.78 Å². The van der Waals surface area contributed by atoms with E-state index in [0.717, 1.165) is 11.3 Å². The Kier molecular flexibility index (Phi) is 2.29. The van der Waals surface area contributed by atoms with Gasteiger partial charge in [0.2, 0.25) is 0 Å². The Bertz CT molecular complexity index is 554. The fourth-order valence-corrected chi connectivity index (χ4v) is 2.39. The van der Waals surface area contributed by atoms with Crippen LogP contribution < -0.4 is 5.73 Å². The van der Waals surface area contributed by atoms with Gasteiger partial charge in [0, 0.05) is 15.8 Å². The molecule has 2 N–H and O–H groups in total. The normalized spacial score (nSPS) is 10.8. The highest BCUT2D eigenvalue weighted by Gasteiger charge is 2.19. The average Bonchev–Trinajstić information content (AvgIpc) is 2.55. The lowest BCUT2D eigenvalue weighted by Gasteiger charge is -1.94. The lowest BCUT2D eigenvalue weighted by atomic mass is 10.1. The lowest BCUT2D eigenvalue weighted by molar-refractivity contribution is 0.155. The number of hydrogen-bond donors (Lipinski definition) is 1. The van der Waals surface area contributed by atoms with E-state index < -0.39 is 6.43 Å². The quantitative estimate of drug-likeness (QED) is 0.755. The number of nitrogens with zero attached hydrogens (tertiary/aromatic N) is 1. The van der Waals surface area contributed by atoms with Crippen LogP contribution in [0.15, 0.2) is 18.2 Å². The van der Waals surface area contributed by atoms with Crippen LogP contribution in [-0.2, 0) is 0 Å². The van der Waals surface area contributed by atoms with Crippen molar-refractivity contribution in [2.45, 2.75) is 6.43 Å². The largest absolute Gasteiger partial charge is 0.399 e. The number of fused-ring (bicyclic) bond motifs is 1. The highest BCUT2D eigenvalue weighted by molar-refractivity contribution is 7.19. The van der Waals surface area contributed by atoms with E-state index in [2.05, 4.69) is 0 Å². The number of thiophene rings is 1. The maximum Gasteiger partial charge on any atom is 0.274 e. The number of halogens is 2. The molecular weight excluding hydrogens is 218 g/mol. The maximum absolute atomic E-state index is 12.6. The molecule has 0 aliphatic heterocycles. The molecule has 0 fully saturated rings. The smallest absolute Gasteiger partial charge is 0.274 e. The number of nitriles is 1. The van der Waals surface area contributed by atoms with Crippen LogP contribution in [0.3, 0.4) is 0 Å². The van der Waals surface area contributed by atoms with Crippen LogP contribution >= 0.6 is 11.3 Å². The second-order valence-corrected chi connectivity index (χ2v) is 4.09. The number of benzene rings is 1. The molecule has 2 rings (SSSR count). The predicted octanol–water partition coefficient (Wildman–Crippen LogP) is 3.29. The van der Waals surface area contributed by atoms with E-state index in [9.17, 15) is 8.78 Å². The van der Waals surface area contributed by atoms with Crippen LogP contribution in [0.4, 0.5) is 14.5 Å². The molecule has 2 nitrogen and oxygen atoms in total. The molecule has 0 atom stereocenters. The Morgan fingerprint density at radius 1 is 1.40 bits per heavy atom. The van der Waals surface area contributed by atoms with E-state index in [1.807, 2.05) is 0 Å². The molecule has 5 heteroatoms. The first kappa shape index (κ1) is 9.87. The number of anilines is 1. The SMILES string of the molecule is N#Cc1c(C(F)F)sc2ccc(N)cc12. The first-order chi connectivity index (χ1) is 7.13. The van der Waals surface area contributed by atoms with Crippen molar-refractivity contribution < 1.29 is 8.78 Å². The summed E-state index contributed by atoms with van der Waals surface area (Å²) in [7, 11) is 0. The minimum Gasteiger partial charge on any atom is -0.399 e. The van der Waals surface area contributed by atoms with Crippen molar-refractivity contribution in [1.29, 1.82) is 5.26 Å². The molecule has 1 aromatic heterocycles. The molecule has 15 heavy (non-hydrogen) atoms. The standard InChI is InChI=1S/C10H6F2N2S/c11-10(12)9-7(4-13)6-3-5(14)1-2-8(6)15-9/h1-3,10H,14H2. The van der Waals surface area contributed by atoms with Gasteiger partial charge < -0.3 is 5.73 Å². The van der Waals surface area contributed by atoms with E-state index in [1.165, 1.54) is 0 Å². The molecule has 0 spiro atoms. The summed E-state index contributed by atoms with van der Waals surface area (Å²) in [5.41, 5.74) is 6.05. The van der Waals surface area contributed by atoms with Gasteiger partial charge in [0.25, 0.3) is 6.43 Å². The van der Waals surface area contributed by atoms with Crippen molar-refractivity contribution in [2.75, 3.05) is 5.73 Å². The van der Waals surface area contributed by atoms with Crippen molar-refractivity contribution in [3.05, 3.63) is 28.6 Å². The summed E-state index contributed by atoms with van der Waals surface area (Å²) < 4.78 is 25.8. The van der Waals surface area contributed by atoms with E-state index in [0.29, 0.717) is 15.8 Å². The molecule has 0 unspecified atom stereocenters. The van der Waals surface area contributed by atoms with Crippen LogP contribution in [0, 0.1) is 11.3 Å². The van der Waals surface area contributed by atoms with Gasteiger partial charge in [0.05, 0.1) is 10.4 Å². The lowest BCUT2D eigenvalue weighted by Crippen LogP contribution is -1.84. The van der Waals surface area contributed by atoms with Crippen LogP contribution in [0.5, 0.6) is 0 Å². The van der Waals surface area contributed by atoms with Gasteiger partial charge in [0.1, 0.15) is 6.07 Å². The molecule has 2 aromatic rings. The molecule has 76 valence electrons. The van der Waals surface area contributed by atoms with E-state index in [-0.39, 0.29) is 10.4 Å². The Morgan fingerprint density at radius 2 is 2.13 bits per heavy atom. The van der Waals surface area contributed by atoms with Gasteiger partial charge in [-0.3, -0.25) is 0 Å². The van der Waals surface area contributed by atoms with Crippen molar-refractivity contribution in [1.82, 2.24) is 0 Å². The summed E-state index contributed by atoms with van der Waals surface area (Å²) in [6.07, 6.45) is -2.61. The number of nitrogens with two attached hydrogens (primary N) is 1. The monoisotopic (exact) mass is 224 g/mol. The Balaban J connectivity index is 2.81. The first-order valence-electron chi connectivity index (χ1n) is 4.13. The van der Waals surface area contributed by atoms with Crippen molar-refractivity contribution in [3.8, 4) is 6.07 Å². The second-order valence-electron chi connectivity index (χ2n) is 3.01. The highest BCUT2D eigenvalue weighted by Crippen LogP contribution is 2.37. The van der Waals surface area contributed by atoms with Crippen LogP contribution in [0.25, 0.3) is 10.1 Å². The van der Waals surface area contributed by atoms with Gasteiger partial charge in [0.15, 0.2) is 0 Å². The van der Waals surface area contributed by atoms with Crippen LogP contribution in [0.2, 0.25) is 0 Å². The molecular formula is C10H6F2N2S. The van der Waals surface area contributed by atoms with Crippen molar-refractivity contribution >= 4 is 27.1 Å². The highest BCUT2D eigenvalue weighted by atomic mass is 32.1. The van der Waals surface area contributed by atoms with Gasteiger partial charge in [-0.15, -0.1) is 11.3 Å². The summed E-state index contributed by atoms with van der Waals surface area (Å²) in [6, 6.07) is 6.64. The molecule has 0 aliphatic carbocycles. The molecule has 1 heterocycles. The summed E-state index contributed by atoms with van der Waals surface area (Å²) in [6.45, 7) is 0. The molecule has 1 aromatic carbocycles. The number of nitrogen functional groups attached to an aromatic ring is 1. The summed E-state index contributed by atoms with van der Waals surface area (Å²) in [5, 5.41) is 9.34. The zero-order chi connectivity index (χ0) is 11.0. The molecule has 0 bridgehead atoms. The third kappa shape index (κ3) is 1.53. The van der Waals surface area contributed by atoms with Crippen LogP contribution in [0.1, 0.15) is 16.9 Å². The van der Waals surface area contributed by atoms with Crippen molar-refractivity contribution in [3.63, 3.8) is 0 Å². The minimum atomic E-state index is -2.61. The topological polar surface area (TPSA) is 49.8 Å². The Hall–Kier alpha value is -1.67. The summed E-state index contributed by atoms with van der Waals surface area (Å²) in [4.78, 5) is -0.182. The Morgan fingerprint density at radius 3 is 2.73 bits per heavy atom. The second kappa shape index (κ2) is 3.48. The summed E-state index contributed by atoms with van der Waals surface area (Å²) in [5.74, 6) is 0. The van der Waals surface area contributed by atoms with Gasteiger partial charge >= 0.3 is 0 Å². The minimum absolute atomic E-state index is 0.0392. The first-order valence-corrected chi connectivity index (χ1v) is 4.95.